The van der Waals surface area contributed by atoms with E-state index in [1.165, 1.54) is 6.20 Å². The zero-order chi connectivity index (χ0) is 10.8. The first-order valence-electron chi connectivity index (χ1n) is 4.48. The first-order valence-corrected chi connectivity index (χ1v) is 4.48. The normalized spacial score (nSPS) is 10.5. The molecule has 0 radical (unpaired) electrons. The molecule has 2 aromatic rings. The third-order valence-electron chi connectivity index (χ3n) is 2.01. The van der Waals surface area contributed by atoms with Crippen LogP contribution in [0.5, 0.6) is 0 Å². The monoisotopic (exact) mass is 208 g/mol. The molecule has 0 aliphatic heterocycles. The second kappa shape index (κ2) is 3.64. The lowest BCUT2D eigenvalue weighted by atomic mass is 10.2. The molecule has 0 bridgehead atoms. The van der Waals surface area contributed by atoms with Gasteiger partial charge in [-0.3, -0.25) is 4.68 Å². The molecule has 0 fully saturated rings. The van der Waals surface area contributed by atoms with Gasteiger partial charge in [0.1, 0.15) is 0 Å². The minimum absolute atomic E-state index is 0.120. The number of nitrogens with one attached hydrogen (secondary N) is 1. The molecule has 2 aromatic heterocycles. The van der Waals surface area contributed by atoms with Gasteiger partial charge in [0.2, 0.25) is 0 Å². The molecule has 0 amide bonds. The van der Waals surface area contributed by atoms with Crippen LogP contribution in [0.3, 0.4) is 0 Å². The van der Waals surface area contributed by atoms with E-state index in [4.69, 9.17) is 0 Å². The van der Waals surface area contributed by atoms with Crippen LogP contribution in [-0.4, -0.2) is 19.7 Å². The first-order chi connectivity index (χ1) is 7.20. The Morgan fingerprint density at radius 3 is 3.00 bits per heavy atom. The lowest BCUT2D eigenvalue weighted by molar-refractivity contribution is 0.615. The maximum Gasteiger partial charge on any atom is 0.345 e. The zero-order valence-corrected chi connectivity index (χ0v) is 8.07. The molecule has 2 heterocycles. The molecule has 1 N–H and O–H groups in total. The second-order valence-corrected chi connectivity index (χ2v) is 3.00. The van der Waals surface area contributed by atoms with Gasteiger partial charge in [0.05, 0.1) is 18.1 Å². The van der Waals surface area contributed by atoms with Crippen LogP contribution >= 0.6 is 0 Å². The molecule has 78 valence electrons. The summed E-state index contributed by atoms with van der Waals surface area (Å²) >= 11 is 0. The molecular weight excluding hydrogens is 199 g/mol. The van der Waals surface area contributed by atoms with Gasteiger partial charge in [0.15, 0.2) is 5.82 Å². The van der Waals surface area contributed by atoms with Crippen LogP contribution in [0.15, 0.2) is 23.4 Å². The summed E-state index contributed by atoms with van der Waals surface area (Å²) in [4.78, 5) is 16.5. The number of aromatic nitrogens is 4. The second-order valence-electron chi connectivity index (χ2n) is 3.00. The molecule has 2 rings (SSSR count). The molecule has 0 saturated heterocycles. The maximum absolute atomic E-state index is 13.3. The highest BCUT2D eigenvalue weighted by Crippen LogP contribution is 2.16. The van der Waals surface area contributed by atoms with Crippen LogP contribution in [0.1, 0.15) is 6.92 Å². The third kappa shape index (κ3) is 1.78. The standard InChI is InChI=1S/C9H9FN4O/c1-2-14-5-6(3-12-14)8-7(10)4-11-9(15)13-8/h3-5H,2H2,1H3,(H,11,13,15). The Morgan fingerprint density at radius 2 is 2.33 bits per heavy atom. The Bertz CT molecular complexity index is 531. The fourth-order valence-electron chi connectivity index (χ4n) is 1.25. The van der Waals surface area contributed by atoms with E-state index in [1.54, 1.807) is 10.9 Å². The molecule has 0 aromatic carbocycles. The average molecular weight is 208 g/mol. The fraction of sp³-hybridized carbons (Fsp3) is 0.222. The SMILES string of the molecule is CCn1cc(-c2[nH]c(=O)ncc2F)cn1. The van der Waals surface area contributed by atoms with Crippen LogP contribution in [0, 0.1) is 5.82 Å². The fourth-order valence-corrected chi connectivity index (χ4v) is 1.25. The van der Waals surface area contributed by atoms with Crippen molar-refractivity contribution in [1.29, 1.82) is 0 Å². The van der Waals surface area contributed by atoms with Crippen molar-refractivity contribution in [3.63, 3.8) is 0 Å². The predicted octanol–water partition coefficient (Wildman–Crippen LogP) is 0.792. The number of nitrogens with zero attached hydrogens (tertiary/aromatic N) is 3. The van der Waals surface area contributed by atoms with Crippen molar-refractivity contribution in [2.75, 3.05) is 0 Å². The Balaban J connectivity index is 2.53. The van der Waals surface area contributed by atoms with Crippen molar-refractivity contribution >= 4 is 0 Å². The Hall–Kier alpha value is -1.98. The minimum atomic E-state index is -0.573. The van der Waals surface area contributed by atoms with Crippen molar-refractivity contribution in [2.24, 2.45) is 0 Å². The van der Waals surface area contributed by atoms with Crippen LogP contribution in [0.2, 0.25) is 0 Å². The smallest absolute Gasteiger partial charge is 0.303 e. The minimum Gasteiger partial charge on any atom is -0.303 e. The Morgan fingerprint density at radius 1 is 1.53 bits per heavy atom. The van der Waals surface area contributed by atoms with Gasteiger partial charge in [-0.15, -0.1) is 0 Å². The first kappa shape index (κ1) is 9.57. The molecule has 0 spiro atoms. The number of rotatable bonds is 2. The lowest BCUT2D eigenvalue weighted by Gasteiger charge is -1.97. The molecule has 0 aliphatic carbocycles. The van der Waals surface area contributed by atoms with E-state index in [0.717, 1.165) is 6.20 Å². The number of hydrogen-bond acceptors (Lipinski definition) is 3. The Kier molecular flexibility index (Phi) is 2.32. The van der Waals surface area contributed by atoms with E-state index in [0.29, 0.717) is 12.1 Å². The van der Waals surface area contributed by atoms with E-state index in [2.05, 4.69) is 15.1 Å². The molecule has 0 aliphatic rings. The zero-order valence-electron chi connectivity index (χ0n) is 8.07. The van der Waals surface area contributed by atoms with Crippen LogP contribution in [0.25, 0.3) is 11.3 Å². The molecule has 0 atom stereocenters. The van der Waals surface area contributed by atoms with Crippen molar-refractivity contribution in [1.82, 2.24) is 19.7 Å². The number of aryl methyl sites for hydroxylation is 1. The van der Waals surface area contributed by atoms with E-state index in [9.17, 15) is 9.18 Å². The van der Waals surface area contributed by atoms with Crippen LogP contribution < -0.4 is 5.69 Å². The molecule has 5 nitrogen and oxygen atoms in total. The third-order valence-corrected chi connectivity index (χ3v) is 2.01. The van der Waals surface area contributed by atoms with Gasteiger partial charge in [-0.1, -0.05) is 0 Å². The van der Waals surface area contributed by atoms with Gasteiger partial charge in [0.25, 0.3) is 0 Å². The van der Waals surface area contributed by atoms with Gasteiger partial charge in [-0.2, -0.15) is 10.1 Å². The quantitative estimate of drug-likeness (QED) is 0.793. The van der Waals surface area contributed by atoms with Gasteiger partial charge >= 0.3 is 5.69 Å². The summed E-state index contributed by atoms with van der Waals surface area (Å²) in [5.74, 6) is -0.565. The van der Waals surface area contributed by atoms with E-state index < -0.39 is 11.5 Å². The van der Waals surface area contributed by atoms with Crippen molar-refractivity contribution < 1.29 is 4.39 Å². The average Bonchev–Trinajstić information content (AvgIpc) is 2.70. The topological polar surface area (TPSA) is 63.6 Å². The summed E-state index contributed by atoms with van der Waals surface area (Å²) in [7, 11) is 0. The highest BCUT2D eigenvalue weighted by Gasteiger charge is 2.08. The highest BCUT2D eigenvalue weighted by atomic mass is 19.1. The lowest BCUT2D eigenvalue weighted by Crippen LogP contribution is -2.11. The number of H-pyrrole nitrogens is 1. The van der Waals surface area contributed by atoms with Crippen molar-refractivity contribution in [2.45, 2.75) is 13.5 Å². The summed E-state index contributed by atoms with van der Waals surface area (Å²) in [5, 5.41) is 3.99. The van der Waals surface area contributed by atoms with E-state index in [1.807, 2.05) is 6.92 Å². The summed E-state index contributed by atoms with van der Waals surface area (Å²) in [6.07, 6.45) is 4.06. The number of hydrogen-bond donors (Lipinski definition) is 1. The predicted molar refractivity (Wildman–Crippen MR) is 51.7 cm³/mol. The van der Waals surface area contributed by atoms with Gasteiger partial charge in [0, 0.05) is 18.3 Å². The number of halogens is 1. The Labute approximate surface area is 84.6 Å². The van der Waals surface area contributed by atoms with Gasteiger partial charge < -0.3 is 4.98 Å². The van der Waals surface area contributed by atoms with E-state index >= 15 is 0 Å². The molecule has 0 saturated carbocycles. The number of aromatic amines is 1. The molecule has 15 heavy (non-hydrogen) atoms. The van der Waals surface area contributed by atoms with Gasteiger partial charge in [-0.05, 0) is 6.92 Å². The van der Waals surface area contributed by atoms with E-state index in [-0.39, 0.29) is 5.69 Å². The van der Waals surface area contributed by atoms with Crippen LogP contribution in [0.4, 0.5) is 4.39 Å². The summed E-state index contributed by atoms with van der Waals surface area (Å²) in [5.41, 5.74) is 0.0826. The molecule has 0 unspecified atom stereocenters. The van der Waals surface area contributed by atoms with Crippen molar-refractivity contribution in [3.05, 3.63) is 34.9 Å². The maximum atomic E-state index is 13.3. The van der Waals surface area contributed by atoms with Crippen molar-refractivity contribution in [3.8, 4) is 11.3 Å². The summed E-state index contributed by atoms with van der Waals surface area (Å²) in [6, 6.07) is 0. The summed E-state index contributed by atoms with van der Waals surface area (Å²) in [6.45, 7) is 2.61. The molecule has 6 heteroatoms. The highest BCUT2D eigenvalue weighted by molar-refractivity contribution is 5.56. The largest absolute Gasteiger partial charge is 0.345 e. The van der Waals surface area contributed by atoms with Crippen LogP contribution in [-0.2, 0) is 6.54 Å². The summed E-state index contributed by atoms with van der Waals surface area (Å²) < 4.78 is 14.9. The van der Waals surface area contributed by atoms with Gasteiger partial charge in [-0.25, -0.2) is 9.18 Å². The molecular formula is C9H9FN4O.